The van der Waals surface area contributed by atoms with E-state index in [2.05, 4.69) is 4.98 Å². The Kier molecular flexibility index (Phi) is 2.82. The lowest BCUT2D eigenvalue weighted by molar-refractivity contribution is -0.119. The predicted molar refractivity (Wildman–Crippen MR) is 61.0 cm³/mol. The third-order valence-electron chi connectivity index (χ3n) is 2.11. The maximum absolute atomic E-state index is 12.1. The molecule has 0 fully saturated rings. The Morgan fingerprint density at radius 2 is 2.12 bits per heavy atom. The van der Waals surface area contributed by atoms with Crippen LogP contribution in [0.1, 0.15) is 10.6 Å². The fraction of sp³-hybridized carbons (Fsp3) is 0.182. The van der Waals surface area contributed by atoms with Crippen molar-refractivity contribution in [3.05, 3.63) is 34.5 Å². The standard InChI is InChI=1S/C11H8F3NOS/c1-6-2-3-8-7(4-6)15-10(17-8)5-9(16)11(12,13)14/h2-5,16H,1H3. The van der Waals surface area contributed by atoms with Crippen LogP contribution >= 0.6 is 11.3 Å². The number of aliphatic hydroxyl groups is 1. The molecule has 0 saturated carbocycles. The predicted octanol–water partition coefficient (Wildman–Crippen LogP) is 4.07. The van der Waals surface area contributed by atoms with Gasteiger partial charge in [-0.1, -0.05) is 6.07 Å². The first-order valence-corrected chi connectivity index (χ1v) is 5.53. The van der Waals surface area contributed by atoms with Crippen molar-refractivity contribution in [2.45, 2.75) is 13.1 Å². The van der Waals surface area contributed by atoms with Crippen LogP contribution in [0.3, 0.4) is 0 Å². The van der Waals surface area contributed by atoms with Crippen molar-refractivity contribution in [2.75, 3.05) is 0 Å². The summed E-state index contributed by atoms with van der Waals surface area (Å²) >= 11 is 1.10. The van der Waals surface area contributed by atoms with Crippen LogP contribution in [0, 0.1) is 6.92 Å². The minimum Gasteiger partial charge on any atom is -0.504 e. The number of rotatable bonds is 1. The maximum Gasteiger partial charge on any atom is 0.448 e. The molecule has 90 valence electrons. The molecule has 0 aliphatic carbocycles. The van der Waals surface area contributed by atoms with Gasteiger partial charge >= 0.3 is 6.18 Å². The molecular weight excluding hydrogens is 251 g/mol. The van der Waals surface area contributed by atoms with Crippen LogP contribution in [0.5, 0.6) is 0 Å². The Morgan fingerprint density at radius 1 is 1.41 bits per heavy atom. The summed E-state index contributed by atoms with van der Waals surface area (Å²) in [5.74, 6) is -1.63. The minimum atomic E-state index is -4.73. The third kappa shape index (κ3) is 2.58. The average Bonchev–Trinajstić information content (AvgIpc) is 2.57. The van der Waals surface area contributed by atoms with Crippen LogP contribution in [0.4, 0.5) is 13.2 Å². The number of hydrogen-bond donors (Lipinski definition) is 1. The first kappa shape index (κ1) is 11.9. The highest BCUT2D eigenvalue weighted by Crippen LogP contribution is 2.28. The smallest absolute Gasteiger partial charge is 0.448 e. The number of hydrogen-bond acceptors (Lipinski definition) is 3. The quantitative estimate of drug-likeness (QED) is 0.783. The van der Waals surface area contributed by atoms with Crippen molar-refractivity contribution in [1.29, 1.82) is 0 Å². The van der Waals surface area contributed by atoms with Crippen molar-refractivity contribution >= 4 is 27.6 Å². The Balaban J connectivity index is 2.44. The van der Waals surface area contributed by atoms with Crippen molar-refractivity contribution < 1.29 is 18.3 Å². The highest BCUT2D eigenvalue weighted by atomic mass is 32.1. The summed E-state index contributed by atoms with van der Waals surface area (Å²) in [6, 6.07) is 5.44. The normalized spacial score (nSPS) is 13.3. The fourth-order valence-corrected chi connectivity index (χ4v) is 2.20. The molecule has 2 nitrogen and oxygen atoms in total. The zero-order valence-electron chi connectivity index (χ0n) is 8.75. The van der Waals surface area contributed by atoms with E-state index in [1.165, 1.54) is 0 Å². The van der Waals surface area contributed by atoms with E-state index in [0.29, 0.717) is 11.6 Å². The van der Waals surface area contributed by atoms with E-state index in [9.17, 15) is 13.2 Å². The zero-order chi connectivity index (χ0) is 12.6. The Morgan fingerprint density at radius 3 is 2.76 bits per heavy atom. The number of aromatic nitrogens is 1. The largest absolute Gasteiger partial charge is 0.504 e. The lowest BCUT2D eigenvalue weighted by atomic mass is 10.2. The molecule has 1 aromatic heterocycles. The summed E-state index contributed by atoms with van der Waals surface area (Å²) in [7, 11) is 0. The van der Waals surface area contributed by atoms with Crippen molar-refractivity contribution in [3.8, 4) is 0 Å². The second-order valence-corrected chi connectivity index (χ2v) is 4.61. The summed E-state index contributed by atoms with van der Waals surface area (Å²) < 4.78 is 37.1. The molecule has 1 aromatic carbocycles. The molecule has 0 bridgehead atoms. The molecule has 0 atom stereocenters. The summed E-state index contributed by atoms with van der Waals surface area (Å²) in [6.07, 6.45) is -4.09. The summed E-state index contributed by atoms with van der Waals surface area (Å²) in [4.78, 5) is 4.01. The van der Waals surface area contributed by atoms with E-state index >= 15 is 0 Å². The fourth-order valence-electron chi connectivity index (χ4n) is 1.32. The minimum absolute atomic E-state index is 0.139. The molecular formula is C11H8F3NOS. The molecule has 17 heavy (non-hydrogen) atoms. The van der Waals surface area contributed by atoms with Gasteiger partial charge < -0.3 is 5.11 Å². The first-order chi connectivity index (χ1) is 7.86. The number of alkyl halides is 3. The number of allylic oxidation sites excluding steroid dienone is 1. The summed E-state index contributed by atoms with van der Waals surface area (Å²) in [5, 5.41) is 8.96. The van der Waals surface area contributed by atoms with Gasteiger partial charge in [0, 0.05) is 6.08 Å². The van der Waals surface area contributed by atoms with Crippen LogP contribution in [0.2, 0.25) is 0 Å². The van der Waals surface area contributed by atoms with Gasteiger partial charge in [-0.25, -0.2) is 4.98 Å². The SMILES string of the molecule is Cc1ccc2sc(C=C(O)C(F)(F)F)nc2c1. The van der Waals surface area contributed by atoms with Gasteiger partial charge in [0.15, 0.2) is 0 Å². The van der Waals surface area contributed by atoms with Gasteiger partial charge in [-0.15, -0.1) is 11.3 Å². The number of aryl methyl sites for hydroxylation is 1. The van der Waals surface area contributed by atoms with Crippen LogP contribution in [-0.2, 0) is 0 Å². The molecule has 2 rings (SSSR count). The van der Waals surface area contributed by atoms with Crippen molar-refractivity contribution in [1.82, 2.24) is 4.98 Å². The van der Waals surface area contributed by atoms with Crippen LogP contribution in [-0.4, -0.2) is 16.3 Å². The molecule has 0 aliphatic rings. The van der Waals surface area contributed by atoms with Gasteiger partial charge in [-0.05, 0) is 24.6 Å². The number of fused-ring (bicyclic) bond motifs is 1. The molecule has 0 spiro atoms. The zero-order valence-corrected chi connectivity index (χ0v) is 9.56. The van der Waals surface area contributed by atoms with E-state index in [1.807, 2.05) is 13.0 Å². The number of aliphatic hydroxyl groups excluding tert-OH is 1. The third-order valence-corrected chi connectivity index (χ3v) is 3.09. The van der Waals surface area contributed by atoms with Crippen LogP contribution < -0.4 is 0 Å². The van der Waals surface area contributed by atoms with Gasteiger partial charge in [0.1, 0.15) is 5.01 Å². The van der Waals surface area contributed by atoms with Crippen molar-refractivity contribution in [3.63, 3.8) is 0 Å². The molecule has 1 N–H and O–H groups in total. The maximum atomic E-state index is 12.1. The first-order valence-electron chi connectivity index (χ1n) is 4.71. The molecule has 0 amide bonds. The van der Waals surface area contributed by atoms with E-state index in [-0.39, 0.29) is 5.01 Å². The molecule has 2 aromatic rings. The summed E-state index contributed by atoms with van der Waals surface area (Å²) in [6.45, 7) is 1.88. The Labute approximate surface area is 99.0 Å². The molecule has 0 aliphatic heterocycles. The molecule has 0 radical (unpaired) electrons. The summed E-state index contributed by atoms with van der Waals surface area (Å²) in [5.41, 5.74) is 1.62. The highest BCUT2D eigenvalue weighted by Gasteiger charge is 2.33. The highest BCUT2D eigenvalue weighted by molar-refractivity contribution is 7.19. The van der Waals surface area contributed by atoms with Crippen LogP contribution in [0.25, 0.3) is 16.3 Å². The van der Waals surface area contributed by atoms with E-state index < -0.39 is 11.9 Å². The number of thiazole rings is 1. The second kappa shape index (κ2) is 4.03. The van der Waals surface area contributed by atoms with E-state index in [1.54, 1.807) is 12.1 Å². The van der Waals surface area contributed by atoms with Gasteiger partial charge in [0.05, 0.1) is 10.2 Å². The van der Waals surface area contributed by atoms with Gasteiger partial charge in [-0.3, -0.25) is 0 Å². The molecule has 0 unspecified atom stereocenters. The lowest BCUT2D eigenvalue weighted by Gasteiger charge is -2.02. The lowest BCUT2D eigenvalue weighted by Crippen LogP contribution is -2.10. The van der Waals surface area contributed by atoms with E-state index in [0.717, 1.165) is 21.6 Å². The van der Waals surface area contributed by atoms with Gasteiger partial charge in [0.2, 0.25) is 5.76 Å². The van der Waals surface area contributed by atoms with Crippen LogP contribution in [0.15, 0.2) is 24.0 Å². The Hall–Kier alpha value is -1.56. The number of nitrogens with zero attached hydrogens (tertiary/aromatic N) is 1. The molecule has 1 heterocycles. The van der Waals surface area contributed by atoms with Gasteiger partial charge in [0.25, 0.3) is 0 Å². The molecule has 6 heteroatoms. The van der Waals surface area contributed by atoms with Gasteiger partial charge in [-0.2, -0.15) is 13.2 Å². The monoisotopic (exact) mass is 259 g/mol. The van der Waals surface area contributed by atoms with E-state index in [4.69, 9.17) is 5.11 Å². The Bertz CT molecular complexity index is 586. The molecule has 0 saturated heterocycles. The second-order valence-electron chi connectivity index (χ2n) is 3.55. The number of benzene rings is 1. The topological polar surface area (TPSA) is 33.1 Å². The van der Waals surface area contributed by atoms with Crippen molar-refractivity contribution in [2.24, 2.45) is 0 Å². The number of halogens is 3. The average molecular weight is 259 g/mol.